The van der Waals surface area contributed by atoms with Crippen LogP contribution in [0.15, 0.2) is 18.7 Å². The third kappa shape index (κ3) is 2.67. The van der Waals surface area contributed by atoms with Gasteiger partial charge in [-0.2, -0.15) is 0 Å². The van der Waals surface area contributed by atoms with E-state index in [1.165, 1.54) is 0 Å². The van der Waals surface area contributed by atoms with Crippen LogP contribution < -0.4 is 0 Å². The van der Waals surface area contributed by atoms with Gasteiger partial charge in [0, 0.05) is 23.5 Å². The number of imidazole rings is 1. The molecule has 1 heterocycles. The van der Waals surface area contributed by atoms with Gasteiger partial charge in [-0.1, -0.05) is 0 Å². The molecule has 1 aromatic carbocycles. The van der Waals surface area contributed by atoms with Crippen LogP contribution in [0.25, 0.3) is 0 Å². The number of benzene rings is 1. The van der Waals surface area contributed by atoms with Crippen LogP contribution in [0, 0.1) is 37.8 Å². The summed E-state index contributed by atoms with van der Waals surface area (Å²) >= 11 is 0. The van der Waals surface area contributed by atoms with Crippen molar-refractivity contribution in [1.29, 1.82) is 0 Å². The molecule has 6 heteroatoms. The average Bonchev–Trinajstić information content (AvgIpc) is 2.89. The maximum atomic E-state index is 11.2. The Labute approximate surface area is 123 Å². The van der Waals surface area contributed by atoms with Gasteiger partial charge in [0.15, 0.2) is 0 Å². The molecule has 0 aliphatic heterocycles. The number of hydrogen-bond acceptors (Lipinski definition) is 4. The molecular weight excluding hydrogens is 270 g/mol. The number of nitrogens with zero attached hydrogens (tertiary/aromatic N) is 3. The van der Waals surface area contributed by atoms with Gasteiger partial charge in [0.05, 0.1) is 23.9 Å². The lowest BCUT2D eigenvalue weighted by Crippen LogP contribution is -2.13. The van der Waals surface area contributed by atoms with E-state index in [1.54, 1.807) is 37.1 Å². The number of rotatable bonds is 4. The van der Waals surface area contributed by atoms with Gasteiger partial charge in [0.1, 0.15) is 0 Å². The van der Waals surface area contributed by atoms with Gasteiger partial charge in [-0.25, -0.2) is 4.98 Å². The fourth-order valence-electron chi connectivity index (χ4n) is 2.78. The highest BCUT2D eigenvalue weighted by Gasteiger charge is 2.25. The van der Waals surface area contributed by atoms with Crippen molar-refractivity contribution in [2.24, 2.45) is 0 Å². The molecule has 1 N–H and O–H groups in total. The Morgan fingerprint density at radius 3 is 2.24 bits per heavy atom. The summed E-state index contributed by atoms with van der Waals surface area (Å²) in [7, 11) is 0. The summed E-state index contributed by atoms with van der Waals surface area (Å²) in [4.78, 5) is 14.8. The molecule has 1 aromatic heterocycles. The molecule has 0 aliphatic carbocycles. The van der Waals surface area contributed by atoms with E-state index >= 15 is 0 Å². The Morgan fingerprint density at radius 2 is 1.81 bits per heavy atom. The van der Waals surface area contributed by atoms with Crippen LogP contribution in [0.4, 0.5) is 5.69 Å². The number of nitro benzene ring substituents is 1. The van der Waals surface area contributed by atoms with Crippen molar-refractivity contribution in [3.8, 4) is 0 Å². The van der Waals surface area contributed by atoms with E-state index in [0.29, 0.717) is 17.7 Å². The lowest BCUT2D eigenvalue weighted by Gasteiger charge is -2.20. The molecule has 0 spiro atoms. The van der Waals surface area contributed by atoms with Crippen molar-refractivity contribution in [1.82, 2.24) is 9.55 Å². The highest BCUT2D eigenvalue weighted by atomic mass is 16.6. The molecule has 0 saturated carbocycles. The Balaban J connectivity index is 2.52. The molecular formula is C15H19N3O3. The molecule has 21 heavy (non-hydrogen) atoms. The van der Waals surface area contributed by atoms with E-state index in [2.05, 4.69) is 4.98 Å². The third-order valence-electron chi connectivity index (χ3n) is 4.10. The van der Waals surface area contributed by atoms with Crippen molar-refractivity contribution in [3.63, 3.8) is 0 Å². The second-order valence-electron chi connectivity index (χ2n) is 5.29. The van der Waals surface area contributed by atoms with Crippen LogP contribution >= 0.6 is 0 Å². The van der Waals surface area contributed by atoms with Gasteiger partial charge in [0.2, 0.25) is 0 Å². The summed E-state index contributed by atoms with van der Waals surface area (Å²) in [5, 5.41) is 21.7. The van der Waals surface area contributed by atoms with E-state index in [1.807, 2.05) is 13.8 Å². The van der Waals surface area contributed by atoms with Gasteiger partial charge in [-0.05, 0) is 44.4 Å². The molecule has 112 valence electrons. The molecule has 0 bridgehead atoms. The Bertz CT molecular complexity index is 649. The first kappa shape index (κ1) is 15.2. The topological polar surface area (TPSA) is 81.2 Å². The van der Waals surface area contributed by atoms with E-state index in [0.717, 1.165) is 16.7 Å². The molecule has 0 saturated heterocycles. The Kier molecular flexibility index (Phi) is 4.09. The number of nitro groups is 1. The summed E-state index contributed by atoms with van der Waals surface area (Å²) in [6.07, 6.45) is 4.34. The average molecular weight is 289 g/mol. The van der Waals surface area contributed by atoms with Crippen LogP contribution in [0.2, 0.25) is 0 Å². The molecule has 6 nitrogen and oxygen atoms in total. The fourth-order valence-corrected chi connectivity index (χ4v) is 2.78. The summed E-state index contributed by atoms with van der Waals surface area (Å²) in [6, 6.07) is 0. The summed E-state index contributed by atoms with van der Waals surface area (Å²) in [5.41, 5.74) is 3.69. The standard InChI is InChI=1S/C15H19N3O3/c1-9-11(3)15(18(20)21)12(4)10(2)14(9)13(19)7-17-6-5-16-8-17/h5-6,8,13,19H,7H2,1-4H3. The predicted molar refractivity (Wildman–Crippen MR) is 79.2 cm³/mol. The zero-order valence-corrected chi connectivity index (χ0v) is 12.6. The van der Waals surface area contributed by atoms with Crippen molar-refractivity contribution in [3.05, 3.63) is 56.7 Å². The zero-order valence-electron chi connectivity index (χ0n) is 12.6. The normalized spacial score (nSPS) is 12.4. The van der Waals surface area contributed by atoms with Gasteiger partial charge in [0.25, 0.3) is 5.69 Å². The number of aromatic nitrogens is 2. The smallest absolute Gasteiger partial charge is 0.275 e. The van der Waals surface area contributed by atoms with E-state index in [4.69, 9.17) is 0 Å². The molecule has 0 amide bonds. The van der Waals surface area contributed by atoms with Crippen molar-refractivity contribution in [2.75, 3.05) is 0 Å². The number of aliphatic hydroxyl groups excluding tert-OH is 1. The minimum Gasteiger partial charge on any atom is -0.387 e. The van der Waals surface area contributed by atoms with E-state index < -0.39 is 6.10 Å². The predicted octanol–water partition coefficient (Wildman–Crippen LogP) is 2.76. The fraction of sp³-hybridized carbons (Fsp3) is 0.400. The monoisotopic (exact) mass is 289 g/mol. The lowest BCUT2D eigenvalue weighted by atomic mass is 9.89. The number of hydrogen-bond donors (Lipinski definition) is 1. The van der Waals surface area contributed by atoms with E-state index in [9.17, 15) is 15.2 Å². The summed E-state index contributed by atoms with van der Waals surface area (Å²) < 4.78 is 1.79. The minimum absolute atomic E-state index is 0.142. The Hall–Kier alpha value is -2.21. The van der Waals surface area contributed by atoms with Crippen LogP contribution in [0.3, 0.4) is 0 Å². The maximum absolute atomic E-state index is 11.2. The van der Waals surface area contributed by atoms with Gasteiger partial charge >= 0.3 is 0 Å². The maximum Gasteiger partial charge on any atom is 0.275 e. The molecule has 2 rings (SSSR count). The van der Waals surface area contributed by atoms with E-state index in [-0.39, 0.29) is 10.6 Å². The van der Waals surface area contributed by atoms with Gasteiger partial charge in [-0.3, -0.25) is 10.1 Å². The SMILES string of the molecule is Cc1c(C)c([N+](=O)[O-])c(C)c(C)c1C(O)Cn1ccnc1. The Morgan fingerprint density at radius 1 is 1.24 bits per heavy atom. The molecule has 1 atom stereocenters. The van der Waals surface area contributed by atoms with Crippen LogP contribution in [0.1, 0.15) is 33.9 Å². The van der Waals surface area contributed by atoms with Crippen molar-refractivity contribution < 1.29 is 10.0 Å². The first-order valence-electron chi connectivity index (χ1n) is 6.73. The molecule has 0 radical (unpaired) electrons. The molecule has 1 unspecified atom stereocenters. The van der Waals surface area contributed by atoms with Crippen LogP contribution in [-0.2, 0) is 6.54 Å². The highest BCUT2D eigenvalue weighted by Crippen LogP contribution is 2.35. The van der Waals surface area contributed by atoms with Crippen molar-refractivity contribution in [2.45, 2.75) is 40.3 Å². The second-order valence-corrected chi connectivity index (χ2v) is 5.29. The third-order valence-corrected chi connectivity index (χ3v) is 4.10. The van der Waals surface area contributed by atoms with Crippen LogP contribution in [-0.4, -0.2) is 19.6 Å². The first-order chi connectivity index (χ1) is 9.84. The molecule has 2 aromatic rings. The molecule has 0 aliphatic rings. The summed E-state index contributed by atoms with van der Waals surface area (Å²) in [6.45, 7) is 7.47. The second kappa shape index (κ2) is 5.65. The van der Waals surface area contributed by atoms with Gasteiger partial charge < -0.3 is 9.67 Å². The lowest BCUT2D eigenvalue weighted by molar-refractivity contribution is -0.386. The first-order valence-corrected chi connectivity index (χ1v) is 6.73. The van der Waals surface area contributed by atoms with Crippen molar-refractivity contribution >= 4 is 5.69 Å². The van der Waals surface area contributed by atoms with Crippen LogP contribution in [0.5, 0.6) is 0 Å². The number of aliphatic hydroxyl groups is 1. The minimum atomic E-state index is -0.725. The largest absolute Gasteiger partial charge is 0.387 e. The summed E-state index contributed by atoms with van der Waals surface area (Å²) in [5.74, 6) is 0. The molecule has 0 fully saturated rings. The highest BCUT2D eigenvalue weighted by molar-refractivity contribution is 5.58. The van der Waals surface area contributed by atoms with Gasteiger partial charge in [-0.15, -0.1) is 0 Å². The zero-order chi connectivity index (χ0) is 15.7. The quantitative estimate of drug-likeness (QED) is 0.693.